The highest BCUT2D eigenvalue weighted by Gasteiger charge is 2.44. The van der Waals surface area contributed by atoms with Gasteiger partial charge >= 0.3 is 6.18 Å². The number of likely N-dealkylation sites (N-methyl/N-ethyl adjacent to an activating group) is 1. The molecule has 2 aliphatic heterocycles. The minimum atomic E-state index is -4.35. The summed E-state index contributed by atoms with van der Waals surface area (Å²) in [6.07, 6.45) is -0.371. The van der Waals surface area contributed by atoms with Gasteiger partial charge in [0.2, 0.25) is 10.0 Å². The van der Waals surface area contributed by atoms with E-state index in [9.17, 15) is 26.4 Å². The van der Waals surface area contributed by atoms with E-state index in [-0.39, 0.29) is 11.3 Å². The monoisotopic (exact) mass is 596 g/mol. The molecule has 1 saturated heterocycles. The van der Waals surface area contributed by atoms with Crippen molar-refractivity contribution in [2.24, 2.45) is 5.41 Å². The molecule has 2 heterocycles. The normalized spacial score (nSPS) is 17.9. The molecular weight excluding hydrogens is 561 g/mol. The Labute approximate surface area is 237 Å². The van der Waals surface area contributed by atoms with Crippen LogP contribution in [0.4, 0.5) is 35.9 Å². The molecule has 2 aromatic carbocycles. The van der Waals surface area contributed by atoms with Gasteiger partial charge in [-0.25, -0.2) is 8.42 Å². The van der Waals surface area contributed by atoms with Gasteiger partial charge in [0.1, 0.15) is 5.75 Å². The number of ether oxygens (including phenoxy) is 1. The number of anilines is 4. The summed E-state index contributed by atoms with van der Waals surface area (Å²) in [5.74, 6) is -0.654. The number of carbonyl (C=O) groups excluding carboxylic acids is 1. The zero-order chi connectivity index (χ0) is 29.4. The maximum atomic E-state index is 13.5. The lowest BCUT2D eigenvalue weighted by Gasteiger charge is -2.35. The average molecular weight is 597 g/mol. The van der Waals surface area contributed by atoms with E-state index >= 15 is 0 Å². The number of amides is 1. The van der Waals surface area contributed by atoms with Crippen LogP contribution in [0.25, 0.3) is 0 Å². The molecule has 13 heteroatoms. The number of halogens is 3. The second-order valence-electron chi connectivity index (χ2n) is 11.2. The number of nitrogens with zero attached hydrogens (tertiary/aromatic N) is 2. The van der Waals surface area contributed by atoms with Crippen molar-refractivity contribution in [1.29, 1.82) is 0 Å². The molecule has 2 fully saturated rings. The molecule has 0 radical (unpaired) electrons. The molecule has 2 aromatic rings. The van der Waals surface area contributed by atoms with Crippen molar-refractivity contribution in [2.75, 3.05) is 65.5 Å². The van der Waals surface area contributed by atoms with Crippen LogP contribution in [-0.2, 0) is 16.4 Å². The van der Waals surface area contributed by atoms with Crippen molar-refractivity contribution >= 4 is 38.7 Å². The molecule has 0 unspecified atom stereocenters. The largest absolute Gasteiger partial charge is 0.491 e. The van der Waals surface area contributed by atoms with Crippen LogP contribution in [0, 0.1) is 5.41 Å². The third-order valence-corrected chi connectivity index (χ3v) is 9.43. The number of nitrogens with one attached hydrogen (secondary N) is 2. The number of hydrogen-bond donors (Lipinski definition) is 3. The number of carbonyl (C=O) groups is 1. The van der Waals surface area contributed by atoms with Gasteiger partial charge in [0.25, 0.3) is 5.91 Å². The highest BCUT2D eigenvalue weighted by atomic mass is 32.2. The summed E-state index contributed by atoms with van der Waals surface area (Å²) >= 11 is 0. The number of aliphatic hydroxyl groups is 1. The lowest BCUT2D eigenvalue weighted by atomic mass is 9.93. The fourth-order valence-corrected chi connectivity index (χ4v) is 6.44. The smallest absolute Gasteiger partial charge is 0.392 e. The number of fused-ring (bicyclic) bond motifs is 1. The van der Waals surface area contributed by atoms with Crippen molar-refractivity contribution in [1.82, 2.24) is 0 Å². The summed E-state index contributed by atoms with van der Waals surface area (Å²) in [5, 5.41) is 12.0. The maximum absolute atomic E-state index is 13.5. The van der Waals surface area contributed by atoms with Gasteiger partial charge in [-0.1, -0.05) is 0 Å². The van der Waals surface area contributed by atoms with Gasteiger partial charge in [-0.05, 0) is 73.4 Å². The number of rotatable bonds is 10. The number of hydrogen-bond acceptors (Lipinski definition) is 7. The third-order valence-electron chi connectivity index (χ3n) is 8.16. The molecule has 41 heavy (non-hydrogen) atoms. The van der Waals surface area contributed by atoms with Gasteiger partial charge in [0, 0.05) is 32.2 Å². The summed E-state index contributed by atoms with van der Waals surface area (Å²) in [6, 6.07) is 8.07. The Hall–Kier alpha value is -3.19. The summed E-state index contributed by atoms with van der Waals surface area (Å²) in [4.78, 5) is 17.5. The Kier molecular flexibility index (Phi) is 8.03. The van der Waals surface area contributed by atoms with Gasteiger partial charge < -0.3 is 25.0 Å². The molecule has 5 rings (SSSR count). The average Bonchev–Trinajstić information content (AvgIpc) is 3.54. The Morgan fingerprint density at radius 2 is 1.83 bits per heavy atom. The van der Waals surface area contributed by atoms with Crippen molar-refractivity contribution in [3.8, 4) is 5.75 Å². The van der Waals surface area contributed by atoms with Crippen molar-refractivity contribution in [3.05, 3.63) is 41.5 Å². The van der Waals surface area contributed by atoms with E-state index < -0.39 is 47.5 Å². The molecule has 1 amide bonds. The summed E-state index contributed by atoms with van der Waals surface area (Å²) in [5.41, 5.74) is 3.65. The number of sulfonamides is 1. The van der Waals surface area contributed by atoms with Gasteiger partial charge in [0.05, 0.1) is 48.1 Å². The van der Waals surface area contributed by atoms with Crippen LogP contribution in [-0.4, -0.2) is 71.3 Å². The lowest BCUT2D eigenvalue weighted by molar-refractivity contribution is -0.139. The van der Waals surface area contributed by atoms with Gasteiger partial charge in [0.15, 0.2) is 0 Å². The number of alkyl halides is 3. The quantitative estimate of drug-likeness (QED) is 0.374. The lowest BCUT2D eigenvalue weighted by Crippen LogP contribution is -2.35. The van der Waals surface area contributed by atoms with E-state index in [0.717, 1.165) is 31.5 Å². The van der Waals surface area contributed by atoms with Gasteiger partial charge in [-0.3, -0.25) is 9.52 Å². The molecule has 1 saturated carbocycles. The van der Waals surface area contributed by atoms with Crippen LogP contribution in [0.5, 0.6) is 5.75 Å². The molecule has 1 spiro atoms. The summed E-state index contributed by atoms with van der Waals surface area (Å²) in [6.45, 7) is 1.12. The second kappa shape index (κ2) is 11.2. The van der Waals surface area contributed by atoms with Gasteiger partial charge in [-0.15, -0.1) is 0 Å². The number of piperidine rings is 1. The predicted molar refractivity (Wildman–Crippen MR) is 152 cm³/mol. The maximum Gasteiger partial charge on any atom is 0.392 e. The third kappa shape index (κ3) is 7.00. The minimum absolute atomic E-state index is 0.233. The van der Waals surface area contributed by atoms with Crippen molar-refractivity contribution < 1.29 is 36.2 Å². The zero-order valence-corrected chi connectivity index (χ0v) is 23.7. The predicted octanol–water partition coefficient (Wildman–Crippen LogP) is 4.38. The fraction of sp³-hybridized carbons (Fsp3) is 0.536. The summed E-state index contributed by atoms with van der Waals surface area (Å²) in [7, 11) is -1.92. The number of aliphatic hydroxyl groups excluding tert-OH is 1. The standard InChI is InChI=1S/C28H35F3N4O5S/c1-34-10-4-19-16-20(17-24(25(19)34)40-14-9-28(29,30)31)26(37)32-22-3-2-21(33-41(38,39)15-13-36)18-23(22)35-11-7-27(5-6-27)8-12-35/h2-3,16-18,33,36H,4-15H2,1H3,(H,32,37). The summed E-state index contributed by atoms with van der Waals surface area (Å²) < 4.78 is 70.8. The zero-order valence-electron chi connectivity index (χ0n) is 22.9. The van der Waals surface area contributed by atoms with Crippen LogP contribution in [0.2, 0.25) is 0 Å². The molecular formula is C28H35F3N4O5S. The molecule has 0 atom stereocenters. The van der Waals surface area contributed by atoms with E-state index in [2.05, 4.69) is 14.9 Å². The topological polar surface area (TPSA) is 111 Å². The Balaban J connectivity index is 1.41. The van der Waals surface area contributed by atoms with Gasteiger partial charge in [-0.2, -0.15) is 13.2 Å². The van der Waals surface area contributed by atoms with E-state index in [1.54, 1.807) is 24.3 Å². The van der Waals surface area contributed by atoms with Crippen LogP contribution >= 0.6 is 0 Å². The van der Waals surface area contributed by atoms with E-state index in [4.69, 9.17) is 9.84 Å². The highest BCUT2D eigenvalue weighted by Crippen LogP contribution is 2.54. The first-order valence-electron chi connectivity index (χ1n) is 13.8. The van der Waals surface area contributed by atoms with Crippen LogP contribution in [0.15, 0.2) is 30.3 Å². The molecule has 0 bridgehead atoms. The first kappa shape index (κ1) is 29.3. The Bertz CT molecular complexity index is 1400. The van der Waals surface area contributed by atoms with E-state index in [1.165, 1.54) is 18.9 Å². The molecule has 1 aliphatic carbocycles. The molecule has 9 nitrogen and oxygen atoms in total. The van der Waals surface area contributed by atoms with Crippen LogP contribution < -0.4 is 24.6 Å². The molecule has 224 valence electrons. The Morgan fingerprint density at radius 3 is 2.49 bits per heavy atom. The van der Waals surface area contributed by atoms with E-state index in [1.807, 2.05) is 11.9 Å². The van der Waals surface area contributed by atoms with Crippen LogP contribution in [0.3, 0.4) is 0 Å². The molecule has 3 aliphatic rings. The van der Waals surface area contributed by atoms with E-state index in [0.29, 0.717) is 41.1 Å². The minimum Gasteiger partial charge on any atom is -0.491 e. The fourth-order valence-electron chi connectivity index (χ4n) is 5.61. The van der Waals surface area contributed by atoms with Crippen molar-refractivity contribution in [2.45, 2.75) is 44.7 Å². The molecule has 0 aromatic heterocycles. The first-order chi connectivity index (χ1) is 19.4. The number of benzene rings is 2. The second-order valence-corrected chi connectivity index (χ2v) is 13.0. The SMILES string of the molecule is CN1CCc2cc(C(=O)Nc3ccc(NS(=O)(=O)CCO)cc3N3CCC4(CC3)CC4)cc(OCCC(F)(F)F)c21. The van der Waals surface area contributed by atoms with Crippen molar-refractivity contribution in [3.63, 3.8) is 0 Å². The van der Waals surface area contributed by atoms with Crippen LogP contribution in [0.1, 0.15) is 48.0 Å². The highest BCUT2D eigenvalue weighted by molar-refractivity contribution is 7.92. The first-order valence-corrected chi connectivity index (χ1v) is 15.4. The Morgan fingerprint density at radius 1 is 1.10 bits per heavy atom. The molecule has 3 N–H and O–H groups in total.